The highest BCUT2D eigenvalue weighted by Crippen LogP contribution is 2.16. The summed E-state index contributed by atoms with van der Waals surface area (Å²) >= 11 is 3.39. The summed E-state index contributed by atoms with van der Waals surface area (Å²) in [6.07, 6.45) is 1.64. The molecule has 0 fully saturated rings. The van der Waals surface area contributed by atoms with E-state index in [-0.39, 0.29) is 5.56 Å². The number of ether oxygens (including phenoxy) is 1. The van der Waals surface area contributed by atoms with Crippen LogP contribution in [0.5, 0.6) is 5.75 Å². The van der Waals surface area contributed by atoms with Gasteiger partial charge >= 0.3 is 0 Å². The highest BCUT2D eigenvalue weighted by atomic mass is 79.9. The van der Waals surface area contributed by atoms with Gasteiger partial charge in [-0.1, -0.05) is 46.3 Å². The number of aryl methyl sites for hydroxylation is 1. The minimum absolute atomic E-state index is 0.201. The maximum absolute atomic E-state index is 12.8. The minimum atomic E-state index is -0.201. The quantitative estimate of drug-likeness (QED) is 0.407. The van der Waals surface area contributed by atoms with E-state index in [2.05, 4.69) is 26.0 Å². The highest BCUT2D eigenvalue weighted by molar-refractivity contribution is 9.10. The molecule has 0 bridgehead atoms. The molecule has 0 aliphatic rings. The van der Waals surface area contributed by atoms with Crippen molar-refractivity contribution in [3.05, 3.63) is 105 Å². The van der Waals surface area contributed by atoms with E-state index >= 15 is 0 Å². The third kappa shape index (κ3) is 4.43. The molecule has 1 heterocycles. The monoisotopic (exact) mass is 447 g/mol. The van der Waals surface area contributed by atoms with E-state index in [1.807, 2.05) is 66.7 Å². The van der Waals surface area contributed by atoms with Gasteiger partial charge in [-0.25, -0.2) is 4.98 Å². The topological polar surface area (TPSA) is 56.5 Å². The van der Waals surface area contributed by atoms with Gasteiger partial charge in [-0.15, -0.1) is 0 Å². The van der Waals surface area contributed by atoms with Gasteiger partial charge < -0.3 is 4.74 Å². The molecular weight excluding hydrogens is 430 g/mol. The van der Waals surface area contributed by atoms with Gasteiger partial charge in [-0.2, -0.15) is 9.78 Å². The first-order valence-corrected chi connectivity index (χ1v) is 9.89. The normalized spacial score (nSPS) is 11.2. The number of hydrogen-bond acceptors (Lipinski definition) is 4. The lowest BCUT2D eigenvalue weighted by molar-refractivity contribution is 0.306. The Hall–Kier alpha value is -3.25. The Labute approximate surface area is 176 Å². The molecule has 0 saturated carbocycles. The summed E-state index contributed by atoms with van der Waals surface area (Å²) in [6, 6.07) is 23.0. The molecular formula is C23H18BrN3O2. The second kappa shape index (κ2) is 8.41. The molecule has 144 valence electrons. The highest BCUT2D eigenvalue weighted by Gasteiger charge is 2.07. The zero-order chi connectivity index (χ0) is 20.2. The summed E-state index contributed by atoms with van der Waals surface area (Å²) in [5, 5.41) is 4.86. The number of nitrogens with zero attached hydrogens (tertiary/aromatic N) is 3. The van der Waals surface area contributed by atoms with E-state index < -0.39 is 0 Å². The Morgan fingerprint density at radius 3 is 2.59 bits per heavy atom. The van der Waals surface area contributed by atoms with E-state index in [1.165, 1.54) is 4.68 Å². The van der Waals surface area contributed by atoms with Crippen LogP contribution in [0.15, 0.2) is 87.2 Å². The molecule has 1 aromatic heterocycles. The van der Waals surface area contributed by atoms with Crippen LogP contribution in [0, 0.1) is 6.92 Å². The molecule has 4 aromatic rings. The van der Waals surface area contributed by atoms with Gasteiger partial charge in [-0.3, -0.25) is 4.79 Å². The summed E-state index contributed by atoms with van der Waals surface area (Å²) in [5.74, 6) is 1.31. The molecule has 0 saturated heterocycles. The zero-order valence-corrected chi connectivity index (χ0v) is 17.3. The molecule has 0 aliphatic heterocycles. The van der Waals surface area contributed by atoms with E-state index in [4.69, 9.17) is 4.74 Å². The van der Waals surface area contributed by atoms with Crippen LogP contribution in [-0.2, 0) is 6.61 Å². The first kappa shape index (κ1) is 19.1. The molecule has 4 rings (SSSR count). The lowest BCUT2D eigenvalue weighted by Crippen LogP contribution is -2.20. The van der Waals surface area contributed by atoms with Crippen LogP contribution in [-0.4, -0.2) is 15.9 Å². The summed E-state index contributed by atoms with van der Waals surface area (Å²) in [6.45, 7) is 2.28. The van der Waals surface area contributed by atoms with Crippen LogP contribution in [0.4, 0.5) is 0 Å². The van der Waals surface area contributed by atoms with Gasteiger partial charge in [0.1, 0.15) is 18.2 Å². The third-order valence-electron chi connectivity index (χ3n) is 4.42. The first-order valence-electron chi connectivity index (χ1n) is 9.10. The number of aromatic nitrogens is 2. The molecule has 3 aromatic carbocycles. The average Bonchev–Trinajstić information content (AvgIpc) is 2.74. The fourth-order valence-electron chi connectivity index (χ4n) is 2.91. The van der Waals surface area contributed by atoms with Crippen molar-refractivity contribution in [2.75, 3.05) is 0 Å². The largest absolute Gasteiger partial charge is 0.489 e. The predicted octanol–water partition coefficient (Wildman–Crippen LogP) is 4.93. The Morgan fingerprint density at radius 2 is 1.83 bits per heavy atom. The number of benzene rings is 3. The SMILES string of the molecule is Cc1nc2ccc(Br)cc2c(=O)n1N=Cc1ccc(OCc2ccccc2)cc1. The van der Waals surface area contributed by atoms with Crippen LogP contribution in [0.25, 0.3) is 10.9 Å². The molecule has 0 spiro atoms. The van der Waals surface area contributed by atoms with E-state index in [0.717, 1.165) is 21.3 Å². The van der Waals surface area contributed by atoms with Crippen molar-refractivity contribution in [1.29, 1.82) is 0 Å². The predicted molar refractivity (Wildman–Crippen MR) is 119 cm³/mol. The van der Waals surface area contributed by atoms with E-state index in [1.54, 1.807) is 19.2 Å². The number of rotatable bonds is 5. The van der Waals surface area contributed by atoms with Crippen molar-refractivity contribution in [3.8, 4) is 5.75 Å². The van der Waals surface area contributed by atoms with E-state index in [0.29, 0.717) is 23.3 Å². The number of halogens is 1. The van der Waals surface area contributed by atoms with Crippen molar-refractivity contribution in [2.45, 2.75) is 13.5 Å². The van der Waals surface area contributed by atoms with Gasteiger partial charge in [0.2, 0.25) is 0 Å². The molecule has 0 atom stereocenters. The zero-order valence-electron chi connectivity index (χ0n) is 15.7. The minimum Gasteiger partial charge on any atom is -0.489 e. The van der Waals surface area contributed by atoms with Crippen molar-refractivity contribution < 1.29 is 4.74 Å². The smallest absolute Gasteiger partial charge is 0.282 e. The molecule has 0 aliphatic carbocycles. The van der Waals surface area contributed by atoms with Gasteiger partial charge in [0.15, 0.2) is 0 Å². The lowest BCUT2D eigenvalue weighted by atomic mass is 10.2. The third-order valence-corrected chi connectivity index (χ3v) is 4.91. The second-order valence-electron chi connectivity index (χ2n) is 6.53. The molecule has 0 amide bonds. The first-order chi connectivity index (χ1) is 14.1. The van der Waals surface area contributed by atoms with Crippen molar-refractivity contribution in [2.24, 2.45) is 5.10 Å². The van der Waals surface area contributed by atoms with E-state index in [9.17, 15) is 4.79 Å². The van der Waals surface area contributed by atoms with Crippen LogP contribution in [0.3, 0.4) is 0 Å². The molecule has 0 N–H and O–H groups in total. The summed E-state index contributed by atoms with van der Waals surface area (Å²) in [4.78, 5) is 17.2. The standard InChI is InChI=1S/C23H18BrN3O2/c1-16-26-22-12-9-19(24)13-21(22)23(28)27(16)25-14-17-7-10-20(11-8-17)29-15-18-5-3-2-4-6-18/h2-14H,15H2,1H3. The summed E-state index contributed by atoms with van der Waals surface area (Å²) in [5.41, 5.74) is 2.43. The molecule has 0 radical (unpaired) electrons. The fraction of sp³-hybridized carbons (Fsp3) is 0.0870. The average molecular weight is 448 g/mol. The molecule has 5 nitrogen and oxygen atoms in total. The Kier molecular flexibility index (Phi) is 5.53. The summed E-state index contributed by atoms with van der Waals surface area (Å²) in [7, 11) is 0. The van der Waals surface area contributed by atoms with Gasteiger partial charge in [-0.05, 0) is 60.5 Å². The Balaban J connectivity index is 1.52. The van der Waals surface area contributed by atoms with Crippen molar-refractivity contribution in [3.63, 3.8) is 0 Å². The van der Waals surface area contributed by atoms with Crippen LogP contribution < -0.4 is 10.3 Å². The molecule has 6 heteroatoms. The van der Waals surface area contributed by atoms with Crippen molar-refractivity contribution >= 4 is 33.0 Å². The van der Waals surface area contributed by atoms with Gasteiger partial charge in [0.25, 0.3) is 5.56 Å². The van der Waals surface area contributed by atoms with Gasteiger partial charge in [0, 0.05) is 4.47 Å². The lowest BCUT2D eigenvalue weighted by Gasteiger charge is -2.07. The Bertz CT molecular complexity index is 1230. The van der Waals surface area contributed by atoms with Crippen LogP contribution >= 0.6 is 15.9 Å². The Morgan fingerprint density at radius 1 is 1.07 bits per heavy atom. The maximum atomic E-state index is 12.8. The number of hydrogen-bond donors (Lipinski definition) is 0. The second-order valence-corrected chi connectivity index (χ2v) is 7.44. The molecule has 29 heavy (non-hydrogen) atoms. The maximum Gasteiger partial charge on any atom is 0.282 e. The molecule has 0 unspecified atom stereocenters. The van der Waals surface area contributed by atoms with Crippen molar-refractivity contribution in [1.82, 2.24) is 9.66 Å². The number of fused-ring (bicyclic) bond motifs is 1. The fourth-order valence-corrected chi connectivity index (χ4v) is 3.27. The van der Waals surface area contributed by atoms with Crippen LogP contribution in [0.2, 0.25) is 0 Å². The summed E-state index contributed by atoms with van der Waals surface area (Å²) < 4.78 is 7.94. The van der Waals surface area contributed by atoms with Gasteiger partial charge in [0.05, 0.1) is 17.1 Å². The van der Waals surface area contributed by atoms with Crippen LogP contribution in [0.1, 0.15) is 17.0 Å².